The van der Waals surface area contributed by atoms with Gasteiger partial charge in [0, 0.05) is 12.5 Å². The monoisotopic (exact) mass is 483 g/mol. The van der Waals surface area contributed by atoms with Gasteiger partial charge in [-0.1, -0.05) is 22.9 Å². The Hall–Kier alpha value is -2.73. The number of aromatic nitrogens is 2. The van der Waals surface area contributed by atoms with E-state index in [1.807, 2.05) is 0 Å². The van der Waals surface area contributed by atoms with E-state index >= 15 is 0 Å². The first-order valence-electron chi connectivity index (χ1n) is 8.70. The van der Waals surface area contributed by atoms with Gasteiger partial charge in [-0.15, -0.1) is 0 Å². The molecule has 2 heterocycles. The number of aryl methyl sites for hydroxylation is 1. The first kappa shape index (κ1) is 24.5. The molecule has 0 spiro atoms. The summed E-state index contributed by atoms with van der Waals surface area (Å²) in [5, 5.41) is 2.99. The molecule has 12 heteroatoms. The number of nitrogens with zero attached hydrogens (tertiary/aromatic N) is 2. The number of nitrogens with two attached hydrogens (primary N) is 1. The third-order valence-electron chi connectivity index (χ3n) is 3.66. The molecule has 0 aliphatic carbocycles. The van der Waals surface area contributed by atoms with Crippen molar-refractivity contribution in [3.63, 3.8) is 0 Å². The highest BCUT2D eigenvalue weighted by molar-refractivity contribution is 7.86. The highest BCUT2D eigenvalue weighted by Gasteiger charge is 2.17. The molecule has 1 atom stereocenters. The van der Waals surface area contributed by atoms with Crippen LogP contribution in [0.4, 0.5) is 15.2 Å². The van der Waals surface area contributed by atoms with Crippen molar-refractivity contribution < 1.29 is 18.2 Å². The van der Waals surface area contributed by atoms with Crippen LogP contribution in [0.3, 0.4) is 0 Å². The Morgan fingerprint density at radius 1 is 1.32 bits per heavy atom. The van der Waals surface area contributed by atoms with Crippen LogP contribution in [0.2, 0.25) is 5.02 Å². The second-order valence-corrected chi connectivity index (χ2v) is 8.44. The lowest BCUT2D eigenvalue weighted by Gasteiger charge is -2.08. The van der Waals surface area contributed by atoms with Crippen LogP contribution < -0.4 is 15.8 Å². The molecule has 3 rings (SSSR count). The van der Waals surface area contributed by atoms with Gasteiger partial charge in [-0.25, -0.2) is 18.6 Å². The number of halogens is 2. The zero-order valence-electron chi connectivity index (χ0n) is 16.7. The van der Waals surface area contributed by atoms with Crippen molar-refractivity contribution >= 4 is 56.9 Å². The number of anilines is 2. The van der Waals surface area contributed by atoms with Crippen LogP contribution in [0.25, 0.3) is 11.3 Å². The molecule has 2 aromatic heterocycles. The number of carbonyl (C=O) groups is 2. The minimum atomic E-state index is -1.76. The number of nitrogens with one attached hydrogen (secondary N) is 2. The fraction of sp³-hybridized carbons (Fsp3) is 0.158. The summed E-state index contributed by atoms with van der Waals surface area (Å²) in [5.74, 6) is -0.821. The first-order chi connectivity index (χ1) is 14.8. The van der Waals surface area contributed by atoms with Crippen LogP contribution in [-0.4, -0.2) is 33.4 Å². The number of rotatable bonds is 6. The Kier molecular flexibility index (Phi) is 8.75. The van der Waals surface area contributed by atoms with Gasteiger partial charge in [0.05, 0.1) is 27.5 Å². The lowest BCUT2D eigenvalue weighted by atomic mass is 10.1. The molecule has 3 aromatic rings. The van der Waals surface area contributed by atoms with Gasteiger partial charge < -0.3 is 11.1 Å². The number of benzene rings is 1. The Morgan fingerprint density at radius 3 is 2.61 bits per heavy atom. The summed E-state index contributed by atoms with van der Waals surface area (Å²) in [7, 11) is -0.256. The van der Waals surface area contributed by atoms with Crippen LogP contribution in [-0.2, 0) is 15.8 Å². The van der Waals surface area contributed by atoms with Gasteiger partial charge >= 0.3 is 0 Å². The smallest absolute Gasteiger partial charge is 0.221 e. The maximum absolute atomic E-state index is 13.4. The molecule has 0 aliphatic rings. The molecule has 1 amide bonds. The highest BCUT2D eigenvalue weighted by Crippen LogP contribution is 2.32. The number of hydrogen-bond acceptors (Lipinski definition) is 7. The molecule has 0 saturated heterocycles. The van der Waals surface area contributed by atoms with Crippen molar-refractivity contribution in [2.24, 2.45) is 5.73 Å². The summed E-state index contributed by atoms with van der Waals surface area (Å²) in [4.78, 5) is 31.2. The van der Waals surface area contributed by atoms with E-state index in [1.54, 1.807) is 13.0 Å². The molecule has 1 aromatic carbocycles. The van der Waals surface area contributed by atoms with Gasteiger partial charge in [-0.2, -0.15) is 0 Å². The molecule has 0 bridgehead atoms. The van der Waals surface area contributed by atoms with Crippen LogP contribution in [0.15, 0.2) is 35.5 Å². The third kappa shape index (κ3) is 6.14. The summed E-state index contributed by atoms with van der Waals surface area (Å²) in [6.45, 7) is 3.08. The fourth-order valence-corrected chi connectivity index (χ4v) is 4.49. The quantitative estimate of drug-likeness (QED) is 0.458. The average Bonchev–Trinajstić information content (AvgIpc) is 3.14. The normalized spacial score (nSPS) is 11.2. The number of thiazole rings is 1. The summed E-state index contributed by atoms with van der Waals surface area (Å²) < 4.78 is 28.8. The maximum atomic E-state index is 13.4. The Bertz CT molecular complexity index is 1140. The number of hydrogen-bond donors (Lipinski definition) is 3. The second kappa shape index (κ2) is 11.0. The molecule has 8 nitrogen and oxygen atoms in total. The number of carbonyl (C=O) groups excluding carboxylic acids is 2. The van der Waals surface area contributed by atoms with E-state index in [-0.39, 0.29) is 26.0 Å². The molecule has 1 unspecified atom stereocenters. The molecule has 0 aliphatic heterocycles. The van der Waals surface area contributed by atoms with Crippen LogP contribution in [0, 0.1) is 12.7 Å². The molecule has 164 valence electrons. The lowest BCUT2D eigenvalue weighted by Crippen LogP contribution is -2.10. The van der Waals surface area contributed by atoms with Gasteiger partial charge in [0.2, 0.25) is 5.91 Å². The third-order valence-corrected chi connectivity index (χ3v) is 6.13. The van der Waals surface area contributed by atoms with Gasteiger partial charge in [-0.05, 0) is 43.8 Å². The Labute approximate surface area is 189 Å². The van der Waals surface area contributed by atoms with Crippen molar-refractivity contribution in [1.82, 2.24) is 9.97 Å². The standard InChI is InChI=1S/C18H14ClFN4O3S2.CH5N/c1-9-5-12(22-10(2)26)7-21-17(9)29(27)24-18-23-16(15(8-25)28-18)11-3-4-14(20)13(19)6-11;1-2/h3-8H,1-2H3,(H,22,26)(H,23,24);2H2,1H3. The zero-order chi connectivity index (χ0) is 23.1. The van der Waals surface area contributed by atoms with E-state index in [4.69, 9.17) is 11.6 Å². The molecule has 31 heavy (non-hydrogen) atoms. The van der Waals surface area contributed by atoms with E-state index in [2.05, 4.69) is 25.7 Å². The summed E-state index contributed by atoms with van der Waals surface area (Å²) in [6.07, 6.45) is 2.01. The second-order valence-electron chi connectivity index (χ2n) is 5.88. The molecule has 0 fully saturated rings. The minimum Gasteiger partial charge on any atom is -0.333 e. The maximum Gasteiger partial charge on any atom is 0.221 e. The predicted octanol–water partition coefficient (Wildman–Crippen LogP) is 3.79. The lowest BCUT2D eigenvalue weighted by molar-refractivity contribution is -0.114. The van der Waals surface area contributed by atoms with Gasteiger partial charge in [-0.3, -0.25) is 14.3 Å². The van der Waals surface area contributed by atoms with Crippen molar-refractivity contribution in [2.75, 3.05) is 17.1 Å². The van der Waals surface area contributed by atoms with Crippen LogP contribution in [0.1, 0.15) is 22.2 Å². The highest BCUT2D eigenvalue weighted by atomic mass is 35.5. The number of amides is 1. The largest absolute Gasteiger partial charge is 0.333 e. The fourth-order valence-electron chi connectivity index (χ4n) is 2.46. The number of pyridine rings is 1. The first-order valence-corrected chi connectivity index (χ1v) is 11.0. The molecular formula is C19H19ClFN5O3S2. The van der Waals surface area contributed by atoms with Gasteiger partial charge in [0.25, 0.3) is 0 Å². The molecule has 0 radical (unpaired) electrons. The molecule has 0 saturated carbocycles. The van der Waals surface area contributed by atoms with Gasteiger partial charge in [0.1, 0.15) is 5.82 Å². The van der Waals surface area contributed by atoms with E-state index < -0.39 is 16.8 Å². The molecular weight excluding hydrogens is 465 g/mol. The predicted molar refractivity (Wildman–Crippen MR) is 121 cm³/mol. The average molecular weight is 484 g/mol. The summed E-state index contributed by atoms with van der Waals surface area (Å²) in [5.41, 5.74) is 6.35. The van der Waals surface area contributed by atoms with E-state index in [0.717, 1.165) is 11.3 Å². The zero-order valence-corrected chi connectivity index (χ0v) is 19.1. The number of aldehydes is 1. The van der Waals surface area contributed by atoms with Crippen molar-refractivity contribution in [2.45, 2.75) is 18.9 Å². The SMILES string of the molecule is CC(=O)Nc1cnc(S(=O)Nc2nc(-c3ccc(F)c(Cl)c3)c(C=O)s2)c(C)c1.CN. The van der Waals surface area contributed by atoms with Crippen LogP contribution in [0.5, 0.6) is 0 Å². The van der Waals surface area contributed by atoms with E-state index in [1.165, 1.54) is 38.4 Å². The van der Waals surface area contributed by atoms with E-state index in [0.29, 0.717) is 28.8 Å². The Morgan fingerprint density at radius 2 is 2.03 bits per heavy atom. The minimum absolute atomic E-state index is 0.0930. The van der Waals surface area contributed by atoms with Crippen molar-refractivity contribution in [3.05, 3.63) is 51.7 Å². The molecule has 4 N–H and O–H groups in total. The van der Waals surface area contributed by atoms with Gasteiger partial charge in [0.15, 0.2) is 27.4 Å². The summed E-state index contributed by atoms with van der Waals surface area (Å²) >= 11 is 6.81. The van der Waals surface area contributed by atoms with E-state index in [9.17, 15) is 18.2 Å². The Balaban J connectivity index is 0.00000166. The topological polar surface area (TPSA) is 127 Å². The summed E-state index contributed by atoms with van der Waals surface area (Å²) in [6, 6.07) is 5.65. The van der Waals surface area contributed by atoms with Crippen LogP contribution >= 0.6 is 22.9 Å². The van der Waals surface area contributed by atoms with Crippen molar-refractivity contribution in [1.29, 1.82) is 0 Å². The van der Waals surface area contributed by atoms with Crippen molar-refractivity contribution in [3.8, 4) is 11.3 Å².